The molecule has 8 rings (SSSR count). The molecule has 0 spiro atoms. The molecule has 37 heavy (non-hydrogen) atoms. The number of Topliss-reactive ketones (excluding diaryl/α,β-unsaturated/α-hetero) is 1. The van der Waals surface area contributed by atoms with E-state index in [2.05, 4.69) is 29.0 Å². The fourth-order valence-electron chi connectivity index (χ4n) is 6.27. The van der Waals surface area contributed by atoms with Crippen LogP contribution in [0, 0.1) is 41.4 Å². The van der Waals surface area contributed by atoms with Crippen LogP contribution in [0.25, 0.3) is 0 Å². The van der Waals surface area contributed by atoms with E-state index in [9.17, 15) is 57.5 Å². The van der Waals surface area contributed by atoms with Gasteiger partial charge >= 0.3 is 30.5 Å². The molecule has 6 fully saturated rings. The molecule has 14 heteroatoms. The Kier molecular flexibility index (Phi) is 6.81. The van der Waals surface area contributed by atoms with E-state index < -0.39 is 59.9 Å². The summed E-state index contributed by atoms with van der Waals surface area (Å²) in [4.78, 5) is 9.24. The molecule has 8 bridgehead atoms. The molecular formula is C23H22F12O2. The third-order valence-corrected chi connectivity index (χ3v) is 7.77. The number of hydrogen-bond acceptors (Lipinski definition) is 2. The number of fused-ring (bicyclic) bond motifs is 2. The minimum Gasteiger partial charge on any atom is -0.354 e. The number of alkyl halides is 12. The number of allylic oxidation sites excluding steroid dienone is 4. The number of carbonyl (C=O) groups excluding carboxylic acids is 1. The van der Waals surface area contributed by atoms with Crippen LogP contribution in [0.15, 0.2) is 24.3 Å². The van der Waals surface area contributed by atoms with Crippen LogP contribution in [0.1, 0.15) is 32.1 Å². The Morgan fingerprint density at radius 1 is 0.649 bits per heavy atom. The lowest BCUT2D eigenvalue weighted by Gasteiger charge is -2.39. The summed E-state index contributed by atoms with van der Waals surface area (Å²) >= 11 is 0. The summed E-state index contributed by atoms with van der Waals surface area (Å²) in [6.07, 6.45) is -7.66. The molecule has 0 radical (unpaired) electrons. The number of ketones is 1. The molecule has 0 aromatic rings. The van der Waals surface area contributed by atoms with Crippen molar-refractivity contribution in [2.75, 3.05) is 0 Å². The van der Waals surface area contributed by atoms with Crippen LogP contribution in [0.3, 0.4) is 0 Å². The van der Waals surface area contributed by atoms with Crippen molar-refractivity contribution in [1.29, 1.82) is 0 Å². The largest absolute Gasteiger partial charge is 0.459 e. The first kappa shape index (κ1) is 28.3. The summed E-state index contributed by atoms with van der Waals surface area (Å²) in [6.45, 7) is 0. The van der Waals surface area contributed by atoms with Crippen LogP contribution in [-0.2, 0) is 9.53 Å². The maximum absolute atomic E-state index is 12.9. The average Bonchev–Trinajstić information content (AvgIpc) is 3.40. The third-order valence-electron chi connectivity index (χ3n) is 7.77. The van der Waals surface area contributed by atoms with E-state index in [0.717, 1.165) is 11.8 Å². The molecule has 0 amide bonds. The van der Waals surface area contributed by atoms with E-state index in [-0.39, 0.29) is 11.8 Å². The van der Waals surface area contributed by atoms with Gasteiger partial charge in [-0.3, -0.25) is 4.79 Å². The Hall–Kier alpha value is -1.73. The van der Waals surface area contributed by atoms with Crippen LogP contribution in [0.4, 0.5) is 52.7 Å². The lowest BCUT2D eigenvalue weighted by Crippen LogP contribution is -2.62. The molecule has 7 aliphatic carbocycles. The summed E-state index contributed by atoms with van der Waals surface area (Å²) in [5.41, 5.74) is -3.89. The zero-order chi connectivity index (χ0) is 27.8. The molecule has 0 aromatic heterocycles. The molecule has 1 aliphatic heterocycles. The Balaban J connectivity index is 0.000000135. The van der Waals surface area contributed by atoms with Crippen molar-refractivity contribution in [1.82, 2.24) is 0 Å². The lowest BCUT2D eigenvalue weighted by atomic mass is 9.81. The molecule has 8 aliphatic rings. The Morgan fingerprint density at radius 3 is 1.27 bits per heavy atom. The van der Waals surface area contributed by atoms with E-state index >= 15 is 0 Å². The van der Waals surface area contributed by atoms with E-state index in [1.807, 2.05) is 0 Å². The quantitative estimate of drug-likeness (QED) is 0.230. The second-order valence-corrected chi connectivity index (χ2v) is 10.3. The first-order valence-corrected chi connectivity index (χ1v) is 11.7. The predicted molar refractivity (Wildman–Crippen MR) is 103 cm³/mol. The second kappa shape index (κ2) is 8.90. The zero-order valence-corrected chi connectivity index (χ0v) is 18.8. The van der Waals surface area contributed by atoms with Crippen LogP contribution < -0.4 is 0 Å². The van der Waals surface area contributed by atoms with Gasteiger partial charge in [-0.1, -0.05) is 43.6 Å². The van der Waals surface area contributed by atoms with Gasteiger partial charge < -0.3 is 4.74 Å². The second-order valence-electron chi connectivity index (χ2n) is 10.3. The topological polar surface area (TPSA) is 26.3 Å². The van der Waals surface area contributed by atoms with Gasteiger partial charge in [0.25, 0.3) is 5.60 Å². The number of ether oxygens (including phenoxy) is 1. The van der Waals surface area contributed by atoms with Gasteiger partial charge in [0.15, 0.2) is 0 Å². The molecule has 210 valence electrons. The van der Waals surface area contributed by atoms with Gasteiger partial charge in [0, 0.05) is 5.92 Å². The fraction of sp³-hybridized carbons (Fsp3) is 0.783. The summed E-state index contributed by atoms with van der Waals surface area (Å²) in [7, 11) is 0. The van der Waals surface area contributed by atoms with Gasteiger partial charge in [-0.2, -0.15) is 52.7 Å². The van der Waals surface area contributed by atoms with Gasteiger partial charge in [-0.05, 0) is 48.3 Å². The highest BCUT2D eigenvalue weighted by molar-refractivity contribution is 5.89. The van der Waals surface area contributed by atoms with Crippen LogP contribution in [0.5, 0.6) is 0 Å². The molecular weight excluding hydrogens is 536 g/mol. The highest BCUT2D eigenvalue weighted by Gasteiger charge is 2.92. The van der Waals surface area contributed by atoms with Crippen molar-refractivity contribution in [2.24, 2.45) is 41.4 Å². The smallest absolute Gasteiger partial charge is 0.354 e. The predicted octanol–water partition coefficient (Wildman–Crippen LogP) is 7.36. The molecule has 6 unspecified atom stereocenters. The average molecular weight is 558 g/mol. The van der Waals surface area contributed by atoms with Crippen molar-refractivity contribution >= 4 is 5.78 Å². The van der Waals surface area contributed by atoms with E-state index in [0.29, 0.717) is 6.42 Å². The van der Waals surface area contributed by atoms with Gasteiger partial charge in [-0.25, -0.2) is 0 Å². The number of carbonyl (C=O) groups is 1. The summed E-state index contributed by atoms with van der Waals surface area (Å²) in [5, 5.41) is 0. The summed E-state index contributed by atoms with van der Waals surface area (Å²) < 4.78 is 147. The normalized spacial score (nSPS) is 38.3. The van der Waals surface area contributed by atoms with Crippen LogP contribution >= 0.6 is 0 Å². The molecule has 1 saturated heterocycles. The molecule has 1 heterocycles. The maximum Gasteiger partial charge on any atom is 0.459 e. The first-order chi connectivity index (χ1) is 16.8. The number of hydrogen-bond donors (Lipinski definition) is 0. The van der Waals surface area contributed by atoms with Crippen molar-refractivity contribution in [3.05, 3.63) is 24.3 Å². The minimum atomic E-state index is -5.82. The highest BCUT2D eigenvalue weighted by atomic mass is 19.4. The molecule has 0 N–H and O–H groups in total. The van der Waals surface area contributed by atoms with Crippen LogP contribution in [-0.4, -0.2) is 42.2 Å². The minimum absolute atomic E-state index is 0.0252. The Labute approximate surface area is 203 Å². The van der Waals surface area contributed by atoms with Gasteiger partial charge in [0.1, 0.15) is 0 Å². The highest BCUT2D eigenvalue weighted by Crippen LogP contribution is 2.83. The molecule has 0 aromatic carbocycles. The zero-order valence-electron chi connectivity index (χ0n) is 18.8. The standard InChI is InChI=1S/C10H8F6O.C7H8.C3F6O.C3H6/c11-9(12,13)8(10(14,15)16)6-3-1-2-4(6)5(2)7(3)17-8;1-2-7-4-3-6(1)5-7;4-2(5,6)1(10)3(7,8)9;1-2-3-1/h2-7H,1H2;1-4,6-7H,5H2;;1-3H2. The first-order valence-electron chi connectivity index (χ1n) is 11.7. The van der Waals surface area contributed by atoms with Crippen LogP contribution in [0.2, 0.25) is 0 Å². The van der Waals surface area contributed by atoms with Crippen molar-refractivity contribution in [3.8, 4) is 0 Å². The van der Waals surface area contributed by atoms with E-state index in [1.54, 1.807) is 0 Å². The van der Waals surface area contributed by atoms with Crippen molar-refractivity contribution < 1.29 is 62.2 Å². The van der Waals surface area contributed by atoms with Crippen molar-refractivity contribution in [2.45, 2.75) is 68.5 Å². The maximum atomic E-state index is 12.9. The molecule has 6 atom stereocenters. The Bertz CT molecular complexity index is 879. The lowest BCUT2D eigenvalue weighted by molar-refractivity contribution is -0.393. The number of halogens is 12. The van der Waals surface area contributed by atoms with E-state index in [1.165, 1.54) is 25.7 Å². The van der Waals surface area contributed by atoms with E-state index in [4.69, 9.17) is 0 Å². The molecule has 2 nitrogen and oxygen atoms in total. The molecule has 5 saturated carbocycles. The van der Waals surface area contributed by atoms with Gasteiger partial charge in [0.05, 0.1) is 6.10 Å². The SMILES string of the molecule is C1=CC2C=CC1C2.C1CC1.FC(F)(F)C1(C(F)(F)F)OC2C3CC4C2C4C31.O=C(C(F)(F)F)C(F)(F)F. The van der Waals surface area contributed by atoms with Gasteiger partial charge in [0.2, 0.25) is 0 Å². The summed E-state index contributed by atoms with van der Waals surface area (Å²) in [5.74, 6) is -4.35. The monoisotopic (exact) mass is 558 g/mol. The van der Waals surface area contributed by atoms with Gasteiger partial charge in [-0.15, -0.1) is 0 Å². The fourth-order valence-corrected chi connectivity index (χ4v) is 6.27. The number of rotatable bonds is 0. The van der Waals surface area contributed by atoms with Crippen molar-refractivity contribution in [3.63, 3.8) is 0 Å². The Morgan fingerprint density at radius 2 is 1.08 bits per heavy atom. The third kappa shape index (κ3) is 5.03. The summed E-state index contributed by atoms with van der Waals surface area (Å²) in [6, 6.07) is 0.